The molecular formula is C11H23N3O. The molecule has 0 aliphatic carbocycles. The lowest BCUT2D eigenvalue weighted by molar-refractivity contribution is -0.124. The summed E-state index contributed by atoms with van der Waals surface area (Å²) in [4.78, 5) is 13.9. The van der Waals surface area contributed by atoms with Gasteiger partial charge in [-0.3, -0.25) is 4.79 Å². The van der Waals surface area contributed by atoms with Crippen molar-refractivity contribution in [2.75, 3.05) is 26.2 Å². The molecule has 0 aromatic heterocycles. The molecule has 88 valence electrons. The minimum atomic E-state index is -0.0778. The van der Waals surface area contributed by atoms with Gasteiger partial charge in [0.2, 0.25) is 5.91 Å². The average molecular weight is 213 g/mol. The molecule has 3 N–H and O–H groups in total. The summed E-state index contributed by atoms with van der Waals surface area (Å²) in [5.41, 5.74) is 5.44. The molecule has 1 fully saturated rings. The molecule has 2 unspecified atom stereocenters. The monoisotopic (exact) mass is 213 g/mol. The van der Waals surface area contributed by atoms with Crippen LogP contribution >= 0.6 is 0 Å². The number of carbonyl (C=O) groups excluding carboxylic acids is 1. The largest absolute Gasteiger partial charge is 0.352 e. The van der Waals surface area contributed by atoms with Crippen LogP contribution in [0.2, 0.25) is 0 Å². The quantitative estimate of drug-likeness (QED) is 0.685. The van der Waals surface area contributed by atoms with Crippen LogP contribution in [0.4, 0.5) is 0 Å². The van der Waals surface area contributed by atoms with E-state index in [1.807, 2.05) is 6.92 Å². The van der Waals surface area contributed by atoms with Crippen molar-refractivity contribution in [2.45, 2.75) is 32.7 Å². The van der Waals surface area contributed by atoms with Gasteiger partial charge in [-0.1, -0.05) is 6.92 Å². The van der Waals surface area contributed by atoms with E-state index in [9.17, 15) is 4.79 Å². The average Bonchev–Trinajstić information content (AvgIpc) is 2.68. The fourth-order valence-corrected chi connectivity index (χ4v) is 1.89. The Balaban J connectivity index is 2.22. The Kier molecular flexibility index (Phi) is 5.05. The SMILES string of the molecule is CC(CN1CCCC1)NC(=O)C(C)CN. The van der Waals surface area contributed by atoms with Crippen LogP contribution in [0.15, 0.2) is 0 Å². The topological polar surface area (TPSA) is 58.4 Å². The summed E-state index contributed by atoms with van der Waals surface area (Å²) in [7, 11) is 0. The molecule has 0 aromatic rings. The second-order valence-electron chi connectivity index (χ2n) is 4.55. The van der Waals surface area contributed by atoms with E-state index >= 15 is 0 Å². The summed E-state index contributed by atoms with van der Waals surface area (Å²) in [6.45, 7) is 7.64. The molecule has 0 bridgehead atoms. The first-order valence-electron chi connectivity index (χ1n) is 5.86. The second-order valence-corrected chi connectivity index (χ2v) is 4.55. The Bertz CT molecular complexity index is 202. The molecule has 1 aliphatic rings. The smallest absolute Gasteiger partial charge is 0.224 e. The van der Waals surface area contributed by atoms with Crippen LogP contribution in [-0.4, -0.2) is 43.0 Å². The van der Waals surface area contributed by atoms with Crippen molar-refractivity contribution in [3.63, 3.8) is 0 Å². The Labute approximate surface area is 92.2 Å². The number of amides is 1. The van der Waals surface area contributed by atoms with E-state index in [-0.39, 0.29) is 17.9 Å². The minimum absolute atomic E-state index is 0.0733. The maximum Gasteiger partial charge on any atom is 0.224 e. The number of carbonyl (C=O) groups is 1. The van der Waals surface area contributed by atoms with Gasteiger partial charge in [-0.05, 0) is 32.9 Å². The Morgan fingerprint density at radius 2 is 2.00 bits per heavy atom. The number of hydrogen-bond acceptors (Lipinski definition) is 3. The van der Waals surface area contributed by atoms with Gasteiger partial charge in [0.25, 0.3) is 0 Å². The zero-order valence-electron chi connectivity index (χ0n) is 9.83. The van der Waals surface area contributed by atoms with E-state index < -0.39 is 0 Å². The summed E-state index contributed by atoms with van der Waals surface area (Å²) >= 11 is 0. The predicted molar refractivity (Wildman–Crippen MR) is 61.5 cm³/mol. The molecule has 15 heavy (non-hydrogen) atoms. The van der Waals surface area contributed by atoms with Crippen molar-refractivity contribution in [3.8, 4) is 0 Å². The standard InChI is InChI=1S/C11H23N3O/c1-9(7-12)11(15)13-10(2)8-14-5-3-4-6-14/h9-10H,3-8,12H2,1-2H3,(H,13,15). The third-order valence-electron chi connectivity index (χ3n) is 2.92. The van der Waals surface area contributed by atoms with E-state index in [0.717, 1.165) is 6.54 Å². The van der Waals surface area contributed by atoms with Gasteiger partial charge in [0, 0.05) is 25.0 Å². The number of hydrogen-bond donors (Lipinski definition) is 2. The highest BCUT2D eigenvalue weighted by atomic mass is 16.1. The van der Waals surface area contributed by atoms with Crippen LogP contribution in [0.5, 0.6) is 0 Å². The predicted octanol–water partition coefficient (Wildman–Crippen LogP) is 0.182. The highest BCUT2D eigenvalue weighted by molar-refractivity contribution is 5.78. The van der Waals surface area contributed by atoms with Crippen LogP contribution in [-0.2, 0) is 4.79 Å². The maximum atomic E-state index is 11.5. The minimum Gasteiger partial charge on any atom is -0.352 e. The van der Waals surface area contributed by atoms with Gasteiger partial charge in [0.1, 0.15) is 0 Å². The van der Waals surface area contributed by atoms with E-state index in [2.05, 4.69) is 17.1 Å². The van der Waals surface area contributed by atoms with Crippen LogP contribution < -0.4 is 11.1 Å². The van der Waals surface area contributed by atoms with Crippen LogP contribution in [0, 0.1) is 5.92 Å². The molecule has 0 radical (unpaired) electrons. The second kappa shape index (κ2) is 6.08. The lowest BCUT2D eigenvalue weighted by Gasteiger charge is -2.22. The summed E-state index contributed by atoms with van der Waals surface area (Å²) in [5, 5.41) is 3.00. The number of nitrogens with zero attached hydrogens (tertiary/aromatic N) is 1. The van der Waals surface area contributed by atoms with Crippen LogP contribution in [0.3, 0.4) is 0 Å². The van der Waals surface area contributed by atoms with Gasteiger partial charge in [-0.15, -0.1) is 0 Å². The third-order valence-corrected chi connectivity index (χ3v) is 2.92. The highest BCUT2D eigenvalue weighted by Crippen LogP contribution is 2.07. The highest BCUT2D eigenvalue weighted by Gasteiger charge is 2.17. The van der Waals surface area contributed by atoms with Gasteiger partial charge >= 0.3 is 0 Å². The number of nitrogens with two attached hydrogens (primary N) is 1. The fraction of sp³-hybridized carbons (Fsp3) is 0.909. The molecular weight excluding hydrogens is 190 g/mol. The summed E-state index contributed by atoms with van der Waals surface area (Å²) in [6.07, 6.45) is 2.58. The molecule has 2 atom stereocenters. The fourth-order valence-electron chi connectivity index (χ4n) is 1.89. The molecule has 4 nitrogen and oxygen atoms in total. The number of likely N-dealkylation sites (tertiary alicyclic amines) is 1. The molecule has 1 aliphatic heterocycles. The normalized spacial score (nSPS) is 21.3. The number of rotatable bonds is 5. The molecule has 1 saturated heterocycles. The van der Waals surface area contributed by atoms with E-state index in [1.54, 1.807) is 0 Å². The van der Waals surface area contributed by atoms with Gasteiger partial charge in [-0.2, -0.15) is 0 Å². The van der Waals surface area contributed by atoms with Crippen molar-refractivity contribution in [2.24, 2.45) is 11.7 Å². The van der Waals surface area contributed by atoms with Gasteiger partial charge in [0.05, 0.1) is 0 Å². The Hall–Kier alpha value is -0.610. The summed E-state index contributed by atoms with van der Waals surface area (Å²) in [6, 6.07) is 0.226. The third kappa shape index (κ3) is 4.18. The summed E-state index contributed by atoms with van der Waals surface area (Å²) in [5.74, 6) is -0.00442. The van der Waals surface area contributed by atoms with Crippen molar-refractivity contribution < 1.29 is 4.79 Å². The van der Waals surface area contributed by atoms with Crippen LogP contribution in [0.25, 0.3) is 0 Å². The van der Waals surface area contributed by atoms with Gasteiger partial charge in [-0.25, -0.2) is 0 Å². The summed E-state index contributed by atoms with van der Waals surface area (Å²) < 4.78 is 0. The molecule has 0 spiro atoms. The maximum absolute atomic E-state index is 11.5. The van der Waals surface area contributed by atoms with E-state index in [0.29, 0.717) is 6.54 Å². The van der Waals surface area contributed by atoms with Gasteiger partial charge in [0.15, 0.2) is 0 Å². The molecule has 0 saturated carbocycles. The Morgan fingerprint density at radius 3 is 2.53 bits per heavy atom. The molecule has 0 aromatic carbocycles. The van der Waals surface area contributed by atoms with E-state index in [1.165, 1.54) is 25.9 Å². The van der Waals surface area contributed by atoms with Crippen molar-refractivity contribution in [1.29, 1.82) is 0 Å². The zero-order valence-corrected chi connectivity index (χ0v) is 9.83. The lowest BCUT2D eigenvalue weighted by atomic mass is 10.1. The molecule has 1 heterocycles. The molecule has 4 heteroatoms. The first kappa shape index (κ1) is 12.5. The van der Waals surface area contributed by atoms with Gasteiger partial charge < -0.3 is 16.0 Å². The first-order valence-corrected chi connectivity index (χ1v) is 5.86. The van der Waals surface area contributed by atoms with Crippen molar-refractivity contribution >= 4 is 5.91 Å². The van der Waals surface area contributed by atoms with Crippen molar-refractivity contribution in [1.82, 2.24) is 10.2 Å². The zero-order chi connectivity index (χ0) is 11.3. The lowest BCUT2D eigenvalue weighted by Crippen LogP contribution is -2.44. The molecule has 1 rings (SSSR count). The first-order chi connectivity index (χ1) is 7.13. The number of nitrogens with one attached hydrogen (secondary N) is 1. The van der Waals surface area contributed by atoms with E-state index in [4.69, 9.17) is 5.73 Å². The van der Waals surface area contributed by atoms with Crippen molar-refractivity contribution in [3.05, 3.63) is 0 Å². The van der Waals surface area contributed by atoms with Crippen LogP contribution in [0.1, 0.15) is 26.7 Å². The molecule has 1 amide bonds. The Morgan fingerprint density at radius 1 is 1.40 bits per heavy atom.